The summed E-state index contributed by atoms with van der Waals surface area (Å²) in [5.74, 6) is -5.94. The van der Waals surface area contributed by atoms with E-state index in [0.717, 1.165) is 6.92 Å². The molecule has 0 saturated carbocycles. The van der Waals surface area contributed by atoms with Crippen molar-refractivity contribution in [1.29, 1.82) is 0 Å². The molecule has 0 aliphatic rings. The second-order valence-corrected chi connectivity index (χ2v) is 9.13. The van der Waals surface area contributed by atoms with E-state index >= 15 is 0 Å². The Kier molecular flexibility index (Phi) is 11.4. The number of aliphatic hydroxyl groups is 1. The van der Waals surface area contributed by atoms with Crippen molar-refractivity contribution >= 4 is 29.7 Å². The molecule has 10 N–H and O–H groups in total. The first-order valence-corrected chi connectivity index (χ1v) is 12.1. The Bertz CT molecular complexity index is 1200. The summed E-state index contributed by atoms with van der Waals surface area (Å²) in [4.78, 5) is 61.7. The molecule has 0 saturated heterocycles. The molecule has 40 heavy (non-hydrogen) atoms. The van der Waals surface area contributed by atoms with Gasteiger partial charge in [-0.1, -0.05) is 24.3 Å². The summed E-state index contributed by atoms with van der Waals surface area (Å²) >= 11 is 0. The van der Waals surface area contributed by atoms with Gasteiger partial charge >= 0.3 is 11.9 Å². The van der Waals surface area contributed by atoms with Crippen LogP contribution >= 0.6 is 0 Å². The summed E-state index contributed by atoms with van der Waals surface area (Å²) in [7, 11) is 0. The molecule has 3 amide bonds. The van der Waals surface area contributed by atoms with Crippen molar-refractivity contribution in [2.75, 3.05) is 0 Å². The van der Waals surface area contributed by atoms with Gasteiger partial charge in [0.15, 0.2) is 6.04 Å². The molecule has 14 nitrogen and oxygen atoms in total. The SMILES string of the molecule is CC(O)C(NC(=O)C(Cc1ccc(O)cc1)NC(=O)C(CC(=O)O)NC(=O)C(N)Cc1ccc(O)cc1)C(=O)O. The number of amides is 3. The van der Waals surface area contributed by atoms with E-state index < -0.39 is 66.4 Å². The summed E-state index contributed by atoms with van der Waals surface area (Å²) < 4.78 is 0. The van der Waals surface area contributed by atoms with Crippen LogP contribution in [0.5, 0.6) is 11.5 Å². The summed E-state index contributed by atoms with van der Waals surface area (Å²) in [6.45, 7) is 1.15. The minimum Gasteiger partial charge on any atom is -0.508 e. The molecule has 5 unspecified atom stereocenters. The lowest BCUT2D eigenvalue weighted by Crippen LogP contribution is -2.59. The molecule has 0 aliphatic heterocycles. The Morgan fingerprint density at radius 2 is 1.18 bits per heavy atom. The van der Waals surface area contributed by atoms with Gasteiger partial charge in [0.1, 0.15) is 23.6 Å². The highest BCUT2D eigenvalue weighted by Crippen LogP contribution is 2.13. The fourth-order valence-electron chi connectivity index (χ4n) is 3.63. The van der Waals surface area contributed by atoms with Gasteiger partial charge in [0.2, 0.25) is 17.7 Å². The number of phenolic OH excluding ortho intramolecular Hbond substituents is 2. The first-order valence-electron chi connectivity index (χ1n) is 12.1. The van der Waals surface area contributed by atoms with Crippen LogP contribution in [0, 0.1) is 0 Å². The van der Waals surface area contributed by atoms with E-state index in [1.807, 2.05) is 0 Å². The molecule has 2 aromatic carbocycles. The summed E-state index contributed by atoms with van der Waals surface area (Å²) in [6.07, 6.45) is -2.55. The third-order valence-corrected chi connectivity index (χ3v) is 5.80. The maximum Gasteiger partial charge on any atom is 0.328 e. The molecule has 0 bridgehead atoms. The van der Waals surface area contributed by atoms with Gasteiger partial charge in [-0.25, -0.2) is 4.79 Å². The van der Waals surface area contributed by atoms with Crippen molar-refractivity contribution in [3.8, 4) is 11.5 Å². The lowest BCUT2D eigenvalue weighted by Gasteiger charge is -2.25. The lowest BCUT2D eigenvalue weighted by atomic mass is 10.0. The Hall–Kier alpha value is -4.69. The predicted octanol–water partition coefficient (Wildman–Crippen LogP) is -1.40. The number of hydrogen-bond acceptors (Lipinski definition) is 9. The van der Waals surface area contributed by atoms with Crippen LogP contribution in [0.1, 0.15) is 24.5 Å². The van der Waals surface area contributed by atoms with Crippen molar-refractivity contribution < 1.29 is 49.5 Å². The fourth-order valence-corrected chi connectivity index (χ4v) is 3.63. The van der Waals surface area contributed by atoms with Crippen LogP contribution < -0.4 is 21.7 Å². The van der Waals surface area contributed by atoms with E-state index in [4.69, 9.17) is 5.73 Å². The molecule has 2 rings (SSSR count). The number of nitrogens with one attached hydrogen (secondary N) is 3. The lowest BCUT2D eigenvalue weighted by molar-refractivity contribution is -0.145. The van der Waals surface area contributed by atoms with Gasteiger partial charge in [-0.15, -0.1) is 0 Å². The predicted molar refractivity (Wildman–Crippen MR) is 139 cm³/mol. The monoisotopic (exact) mass is 560 g/mol. The highest BCUT2D eigenvalue weighted by Gasteiger charge is 2.33. The Morgan fingerprint density at radius 3 is 1.62 bits per heavy atom. The number of nitrogens with two attached hydrogens (primary N) is 1. The summed E-state index contributed by atoms with van der Waals surface area (Å²) in [5, 5.41) is 54.0. The molecule has 0 radical (unpaired) electrons. The standard InChI is InChI=1S/C26H32N4O10/c1-13(31)22(26(39)40)30-25(38)19(11-15-4-8-17(33)9-5-15)29-24(37)20(12-21(34)35)28-23(36)18(27)10-14-2-6-16(32)7-3-14/h2-9,13,18-20,22,31-33H,10-12,27H2,1H3,(H,28,36)(H,29,37)(H,30,38)(H,34,35)(H,39,40). The first kappa shape index (κ1) is 31.5. The van der Waals surface area contributed by atoms with E-state index in [-0.39, 0.29) is 24.3 Å². The third-order valence-electron chi connectivity index (χ3n) is 5.80. The normalized spacial score (nSPS) is 14.6. The molecule has 0 aliphatic carbocycles. The molecule has 2 aromatic rings. The molecule has 216 valence electrons. The number of rotatable bonds is 14. The van der Waals surface area contributed by atoms with Gasteiger partial charge in [-0.3, -0.25) is 19.2 Å². The molecule has 5 atom stereocenters. The zero-order valence-corrected chi connectivity index (χ0v) is 21.5. The van der Waals surface area contributed by atoms with E-state index in [9.17, 15) is 49.5 Å². The summed E-state index contributed by atoms with van der Waals surface area (Å²) in [5.41, 5.74) is 6.96. The smallest absolute Gasteiger partial charge is 0.328 e. The molecular formula is C26H32N4O10. The van der Waals surface area contributed by atoms with E-state index in [2.05, 4.69) is 16.0 Å². The second kappa shape index (κ2) is 14.5. The number of aliphatic hydroxyl groups excluding tert-OH is 1. The minimum absolute atomic E-state index is 0.00832. The highest BCUT2D eigenvalue weighted by molar-refractivity contribution is 5.95. The second-order valence-electron chi connectivity index (χ2n) is 9.13. The number of aromatic hydroxyl groups is 2. The van der Waals surface area contributed by atoms with Gasteiger partial charge < -0.3 is 47.2 Å². The number of hydrogen-bond donors (Lipinski definition) is 9. The van der Waals surface area contributed by atoms with Gasteiger partial charge in [0, 0.05) is 6.42 Å². The van der Waals surface area contributed by atoms with Crippen LogP contribution in [0.3, 0.4) is 0 Å². The molecule has 14 heteroatoms. The number of carbonyl (C=O) groups is 5. The number of carboxylic acid groups (broad SMARTS) is 2. The van der Waals surface area contributed by atoms with Crippen LogP contribution in [-0.4, -0.2) is 85.5 Å². The maximum atomic E-state index is 13.1. The molecule has 0 aromatic heterocycles. The number of aliphatic carboxylic acids is 2. The zero-order chi connectivity index (χ0) is 30.0. The average molecular weight is 561 g/mol. The number of carbonyl (C=O) groups excluding carboxylic acids is 3. The average Bonchev–Trinajstić information content (AvgIpc) is 2.88. The van der Waals surface area contributed by atoms with E-state index in [1.165, 1.54) is 48.5 Å². The topological polar surface area (TPSA) is 249 Å². The first-order chi connectivity index (χ1) is 18.8. The zero-order valence-electron chi connectivity index (χ0n) is 21.5. The molecule has 0 fully saturated rings. The molecular weight excluding hydrogens is 528 g/mol. The van der Waals surface area contributed by atoms with Crippen LogP contribution in [-0.2, 0) is 36.8 Å². The van der Waals surface area contributed by atoms with E-state index in [0.29, 0.717) is 11.1 Å². The van der Waals surface area contributed by atoms with Crippen molar-refractivity contribution in [2.24, 2.45) is 5.73 Å². The number of benzene rings is 2. The molecule has 0 spiro atoms. The van der Waals surface area contributed by atoms with Crippen LogP contribution in [0.15, 0.2) is 48.5 Å². The van der Waals surface area contributed by atoms with Gasteiger partial charge in [-0.05, 0) is 48.7 Å². The van der Waals surface area contributed by atoms with Crippen LogP contribution in [0.2, 0.25) is 0 Å². The van der Waals surface area contributed by atoms with Crippen molar-refractivity contribution in [3.05, 3.63) is 59.7 Å². The number of carboxylic acids is 2. The maximum absolute atomic E-state index is 13.1. The van der Waals surface area contributed by atoms with E-state index in [1.54, 1.807) is 0 Å². The van der Waals surface area contributed by atoms with Gasteiger partial charge in [0.25, 0.3) is 0 Å². The fraction of sp³-hybridized carbons (Fsp3) is 0.346. The summed E-state index contributed by atoms with van der Waals surface area (Å²) in [6, 6.07) is 5.39. The quantitative estimate of drug-likeness (QED) is 0.130. The highest BCUT2D eigenvalue weighted by atomic mass is 16.4. The Balaban J connectivity index is 2.23. The Labute approximate surface area is 228 Å². The van der Waals surface area contributed by atoms with Gasteiger partial charge in [0.05, 0.1) is 18.6 Å². The largest absolute Gasteiger partial charge is 0.508 e. The van der Waals surface area contributed by atoms with Gasteiger partial charge in [-0.2, -0.15) is 0 Å². The third kappa shape index (κ3) is 9.89. The Morgan fingerprint density at radius 1 is 0.725 bits per heavy atom. The van der Waals surface area contributed by atoms with Crippen molar-refractivity contribution in [1.82, 2.24) is 16.0 Å². The molecule has 0 heterocycles. The van der Waals surface area contributed by atoms with Crippen molar-refractivity contribution in [3.63, 3.8) is 0 Å². The van der Waals surface area contributed by atoms with Crippen LogP contribution in [0.25, 0.3) is 0 Å². The minimum atomic E-state index is -1.71. The van der Waals surface area contributed by atoms with Crippen molar-refractivity contribution in [2.45, 2.75) is 56.5 Å². The number of phenols is 2. The van der Waals surface area contributed by atoms with Crippen LogP contribution in [0.4, 0.5) is 0 Å².